The van der Waals surface area contributed by atoms with E-state index in [4.69, 9.17) is 32.7 Å². The molecule has 0 spiro atoms. The molecule has 0 N–H and O–H groups in total. The molecule has 0 unspecified atom stereocenters. The Morgan fingerprint density at radius 1 is 1.11 bits per heavy atom. The Hall–Kier alpha value is -1.96. The molecule has 146 valence electrons. The van der Waals surface area contributed by atoms with Crippen LogP contribution in [0.2, 0.25) is 10.0 Å². The molecule has 2 aromatic carbocycles. The number of rotatable bonds is 7. The molecule has 2 aromatic rings. The molecule has 0 heterocycles. The molecule has 9 heteroatoms. The Kier molecular flexibility index (Phi) is 6.97. The molecule has 0 aliphatic heterocycles. The van der Waals surface area contributed by atoms with E-state index in [9.17, 15) is 13.2 Å². The van der Waals surface area contributed by atoms with Gasteiger partial charge in [0.2, 0.25) is 0 Å². The Balaban J connectivity index is 2.55. The summed E-state index contributed by atoms with van der Waals surface area (Å²) in [5.74, 6) is -0.127. The van der Waals surface area contributed by atoms with Crippen molar-refractivity contribution < 1.29 is 22.7 Å². The maximum absolute atomic E-state index is 13.2. The third-order valence-electron chi connectivity index (χ3n) is 3.72. The maximum Gasteiger partial charge on any atom is 0.326 e. The highest BCUT2D eigenvalue weighted by molar-refractivity contribution is 7.92. The molecular weight excluding hydrogens is 413 g/mol. The van der Waals surface area contributed by atoms with Crippen LogP contribution in [-0.2, 0) is 19.6 Å². The van der Waals surface area contributed by atoms with Gasteiger partial charge in [-0.05, 0) is 55.8 Å². The third-order valence-corrected chi connectivity index (χ3v) is 6.23. The first-order valence-electron chi connectivity index (χ1n) is 7.98. The molecule has 27 heavy (non-hydrogen) atoms. The van der Waals surface area contributed by atoms with Gasteiger partial charge in [-0.25, -0.2) is 8.42 Å². The number of aryl methyl sites for hydroxylation is 1. The Bertz CT molecular complexity index is 947. The minimum atomic E-state index is -4.07. The Labute approximate surface area is 168 Å². The highest BCUT2D eigenvalue weighted by Crippen LogP contribution is 2.31. The predicted octanol–water partition coefficient (Wildman–Crippen LogP) is 4.07. The molecule has 0 fully saturated rings. The van der Waals surface area contributed by atoms with Crippen molar-refractivity contribution in [3.05, 3.63) is 52.0 Å². The number of benzene rings is 2. The molecule has 0 bridgehead atoms. The van der Waals surface area contributed by atoms with Gasteiger partial charge in [-0.2, -0.15) is 0 Å². The van der Waals surface area contributed by atoms with E-state index >= 15 is 0 Å². The van der Waals surface area contributed by atoms with E-state index < -0.39 is 22.5 Å². The SMILES string of the molecule is CCOC(=O)CN(c1ccc(Cl)c(Cl)c1)S(=O)(=O)c1ccc(OC)c(C)c1. The van der Waals surface area contributed by atoms with Crippen LogP contribution >= 0.6 is 23.2 Å². The van der Waals surface area contributed by atoms with Gasteiger partial charge in [0.25, 0.3) is 10.0 Å². The molecule has 0 saturated heterocycles. The van der Waals surface area contributed by atoms with E-state index in [1.54, 1.807) is 19.9 Å². The van der Waals surface area contributed by atoms with Crippen LogP contribution in [0.4, 0.5) is 5.69 Å². The van der Waals surface area contributed by atoms with E-state index in [1.165, 1.54) is 37.4 Å². The number of anilines is 1. The summed E-state index contributed by atoms with van der Waals surface area (Å²) < 4.78 is 37.5. The maximum atomic E-state index is 13.2. The van der Waals surface area contributed by atoms with Gasteiger partial charge >= 0.3 is 5.97 Å². The van der Waals surface area contributed by atoms with Crippen LogP contribution in [0.15, 0.2) is 41.3 Å². The monoisotopic (exact) mass is 431 g/mol. The van der Waals surface area contributed by atoms with Gasteiger partial charge in [0.05, 0.1) is 34.3 Å². The van der Waals surface area contributed by atoms with E-state index in [0.29, 0.717) is 11.3 Å². The molecule has 0 saturated carbocycles. The fourth-order valence-electron chi connectivity index (χ4n) is 2.42. The average Bonchev–Trinajstić information content (AvgIpc) is 2.62. The summed E-state index contributed by atoms with van der Waals surface area (Å²) in [6.07, 6.45) is 0. The zero-order valence-corrected chi connectivity index (χ0v) is 17.4. The lowest BCUT2D eigenvalue weighted by Crippen LogP contribution is -2.36. The van der Waals surface area contributed by atoms with Crippen molar-refractivity contribution in [2.45, 2.75) is 18.7 Å². The number of ether oxygens (including phenoxy) is 2. The smallest absolute Gasteiger partial charge is 0.326 e. The predicted molar refractivity (Wildman–Crippen MR) is 105 cm³/mol. The fourth-order valence-corrected chi connectivity index (χ4v) is 4.20. The minimum Gasteiger partial charge on any atom is -0.496 e. The summed E-state index contributed by atoms with van der Waals surface area (Å²) in [4.78, 5) is 12.0. The molecule has 0 aliphatic carbocycles. The van der Waals surface area contributed by atoms with Crippen molar-refractivity contribution >= 4 is 44.9 Å². The largest absolute Gasteiger partial charge is 0.496 e. The van der Waals surface area contributed by atoms with Crippen molar-refractivity contribution in [3.8, 4) is 5.75 Å². The number of nitrogens with zero attached hydrogens (tertiary/aromatic N) is 1. The molecule has 0 radical (unpaired) electrons. The molecule has 0 aliphatic rings. The first-order valence-corrected chi connectivity index (χ1v) is 10.2. The number of halogens is 2. The standard InChI is InChI=1S/C18H19Cl2NO5S/c1-4-26-18(22)11-21(13-5-7-15(19)16(20)10-13)27(23,24)14-6-8-17(25-3)12(2)9-14/h5-10H,4,11H2,1-3H3. The summed E-state index contributed by atoms with van der Waals surface area (Å²) >= 11 is 12.0. The van der Waals surface area contributed by atoms with Gasteiger partial charge < -0.3 is 9.47 Å². The first-order chi connectivity index (χ1) is 12.7. The molecular formula is C18H19Cl2NO5S. The van der Waals surface area contributed by atoms with Gasteiger partial charge in [-0.1, -0.05) is 23.2 Å². The van der Waals surface area contributed by atoms with Crippen LogP contribution < -0.4 is 9.04 Å². The Morgan fingerprint density at radius 3 is 2.37 bits per heavy atom. The lowest BCUT2D eigenvalue weighted by atomic mass is 10.2. The highest BCUT2D eigenvalue weighted by Gasteiger charge is 2.28. The Morgan fingerprint density at radius 2 is 1.81 bits per heavy atom. The van der Waals surface area contributed by atoms with E-state index in [1.807, 2.05) is 0 Å². The summed E-state index contributed by atoms with van der Waals surface area (Å²) in [6, 6.07) is 8.77. The lowest BCUT2D eigenvalue weighted by molar-refractivity contribution is -0.141. The summed E-state index contributed by atoms with van der Waals surface area (Å²) in [6.45, 7) is 3.00. The van der Waals surface area contributed by atoms with Crippen LogP contribution in [0.3, 0.4) is 0 Å². The number of methoxy groups -OCH3 is 1. The van der Waals surface area contributed by atoms with Crippen molar-refractivity contribution in [2.24, 2.45) is 0 Å². The van der Waals surface area contributed by atoms with Crippen molar-refractivity contribution in [1.82, 2.24) is 0 Å². The van der Waals surface area contributed by atoms with Crippen molar-refractivity contribution in [2.75, 3.05) is 24.6 Å². The van der Waals surface area contributed by atoms with Gasteiger partial charge in [0.15, 0.2) is 0 Å². The van der Waals surface area contributed by atoms with Gasteiger partial charge in [0, 0.05) is 0 Å². The number of carbonyl (C=O) groups excluding carboxylic acids is 1. The second kappa shape index (κ2) is 8.82. The summed E-state index contributed by atoms with van der Waals surface area (Å²) in [5, 5.41) is 0.443. The fraction of sp³-hybridized carbons (Fsp3) is 0.278. The number of hydrogen-bond acceptors (Lipinski definition) is 5. The molecule has 6 nitrogen and oxygen atoms in total. The van der Waals surface area contributed by atoms with Gasteiger partial charge in [0.1, 0.15) is 12.3 Å². The molecule has 0 amide bonds. The molecule has 0 aromatic heterocycles. The lowest BCUT2D eigenvalue weighted by Gasteiger charge is -2.24. The number of hydrogen-bond donors (Lipinski definition) is 0. The van der Waals surface area contributed by atoms with E-state index in [-0.39, 0.29) is 27.2 Å². The third kappa shape index (κ3) is 4.86. The second-order valence-corrected chi connectivity index (χ2v) is 8.22. The number of sulfonamides is 1. The number of esters is 1. The van der Waals surface area contributed by atoms with Crippen molar-refractivity contribution in [1.29, 1.82) is 0 Å². The second-order valence-electron chi connectivity index (χ2n) is 5.55. The minimum absolute atomic E-state index is 0.0103. The quantitative estimate of drug-likeness (QED) is 0.617. The van der Waals surface area contributed by atoms with Crippen LogP contribution in [0.25, 0.3) is 0 Å². The van der Waals surface area contributed by atoms with Gasteiger partial charge in [-0.3, -0.25) is 9.10 Å². The zero-order chi connectivity index (χ0) is 20.2. The topological polar surface area (TPSA) is 72.9 Å². The summed E-state index contributed by atoms with van der Waals surface area (Å²) in [7, 11) is -2.57. The van der Waals surface area contributed by atoms with Crippen molar-refractivity contribution in [3.63, 3.8) is 0 Å². The first kappa shape index (κ1) is 21.3. The normalized spacial score (nSPS) is 11.1. The van der Waals surface area contributed by atoms with Crippen LogP contribution in [-0.4, -0.2) is 34.6 Å². The highest BCUT2D eigenvalue weighted by atomic mass is 35.5. The molecule has 0 atom stereocenters. The average molecular weight is 432 g/mol. The van der Waals surface area contributed by atoms with Crippen LogP contribution in [0.1, 0.15) is 12.5 Å². The number of carbonyl (C=O) groups is 1. The molecule has 2 rings (SSSR count). The van der Waals surface area contributed by atoms with E-state index in [2.05, 4.69) is 0 Å². The van der Waals surface area contributed by atoms with Gasteiger partial charge in [-0.15, -0.1) is 0 Å². The summed E-state index contributed by atoms with van der Waals surface area (Å²) in [5.41, 5.74) is 0.842. The van der Waals surface area contributed by atoms with E-state index in [0.717, 1.165) is 4.31 Å². The zero-order valence-electron chi connectivity index (χ0n) is 15.0. The van der Waals surface area contributed by atoms with Crippen LogP contribution in [0, 0.1) is 6.92 Å². The van der Waals surface area contributed by atoms with Crippen LogP contribution in [0.5, 0.6) is 5.75 Å².